The van der Waals surface area contributed by atoms with E-state index in [0.29, 0.717) is 12.2 Å². The number of nitrogen functional groups attached to an aromatic ring is 1. The summed E-state index contributed by atoms with van der Waals surface area (Å²) in [6.07, 6.45) is 0. The highest BCUT2D eigenvalue weighted by atomic mass is 79.9. The summed E-state index contributed by atoms with van der Waals surface area (Å²) in [4.78, 5) is 4.67. The number of aromatic nitrogens is 2. The van der Waals surface area contributed by atoms with Crippen molar-refractivity contribution < 1.29 is 5.11 Å². The third-order valence-corrected chi connectivity index (χ3v) is 3.90. The van der Waals surface area contributed by atoms with Gasteiger partial charge in [-0.3, -0.25) is 0 Å². The van der Waals surface area contributed by atoms with E-state index in [1.807, 2.05) is 47.0 Å². The Labute approximate surface area is 125 Å². The molecule has 0 saturated carbocycles. The lowest BCUT2D eigenvalue weighted by Gasteiger charge is -2.09. The zero-order valence-electron chi connectivity index (χ0n) is 10.8. The lowest BCUT2D eigenvalue weighted by molar-refractivity contribution is 0.278. The molecule has 0 saturated heterocycles. The third kappa shape index (κ3) is 2.19. The molecule has 0 aliphatic carbocycles. The fraction of sp³-hybridized carbons (Fsp3) is 0.133. The smallest absolute Gasteiger partial charge is 0.142 e. The molecule has 0 unspecified atom stereocenters. The second-order valence-corrected chi connectivity index (χ2v) is 5.39. The number of para-hydroxylation sites is 2. The minimum absolute atomic E-state index is 0.0628. The summed E-state index contributed by atoms with van der Waals surface area (Å²) in [5.41, 5.74) is 9.40. The van der Waals surface area contributed by atoms with Crippen LogP contribution in [0.15, 0.2) is 46.9 Å². The van der Waals surface area contributed by atoms with Crippen molar-refractivity contribution in [2.75, 3.05) is 12.3 Å². The Balaban J connectivity index is 2.29. The van der Waals surface area contributed by atoms with Crippen LogP contribution in [0, 0.1) is 0 Å². The maximum absolute atomic E-state index is 9.31. The zero-order chi connectivity index (χ0) is 14.1. The molecule has 0 amide bonds. The number of nitrogens with zero attached hydrogens (tertiary/aromatic N) is 2. The second kappa shape index (κ2) is 5.26. The van der Waals surface area contributed by atoms with Crippen LogP contribution in [0.5, 0.6) is 0 Å². The molecular weight excluding hydrogens is 318 g/mol. The summed E-state index contributed by atoms with van der Waals surface area (Å²) in [6.45, 7) is 0.560. The van der Waals surface area contributed by atoms with Crippen LogP contribution in [0.1, 0.15) is 0 Å². The summed E-state index contributed by atoms with van der Waals surface area (Å²) in [6, 6.07) is 13.5. The van der Waals surface area contributed by atoms with Crippen molar-refractivity contribution in [3.8, 4) is 11.4 Å². The molecule has 102 valence electrons. The van der Waals surface area contributed by atoms with E-state index in [1.165, 1.54) is 0 Å². The van der Waals surface area contributed by atoms with Crippen LogP contribution in [-0.2, 0) is 6.54 Å². The quantitative estimate of drug-likeness (QED) is 0.725. The Morgan fingerprint density at radius 3 is 2.80 bits per heavy atom. The largest absolute Gasteiger partial charge is 0.399 e. The molecule has 1 heterocycles. The summed E-state index contributed by atoms with van der Waals surface area (Å²) >= 11 is 3.54. The minimum Gasteiger partial charge on any atom is -0.399 e. The Bertz CT molecular complexity index is 767. The molecule has 4 nitrogen and oxygen atoms in total. The minimum atomic E-state index is 0.0628. The molecule has 2 aromatic carbocycles. The molecule has 0 fully saturated rings. The van der Waals surface area contributed by atoms with E-state index >= 15 is 0 Å². The first-order chi connectivity index (χ1) is 9.70. The maximum atomic E-state index is 9.31. The Kier molecular flexibility index (Phi) is 3.46. The molecule has 0 bridgehead atoms. The SMILES string of the molecule is Nc1ccc(Br)c(-c2nc3ccccc3n2CCO)c1. The Morgan fingerprint density at radius 2 is 2.00 bits per heavy atom. The van der Waals surface area contributed by atoms with Crippen molar-refractivity contribution in [2.45, 2.75) is 6.54 Å². The van der Waals surface area contributed by atoms with Gasteiger partial charge in [0, 0.05) is 22.3 Å². The average molecular weight is 332 g/mol. The zero-order valence-corrected chi connectivity index (χ0v) is 12.3. The first-order valence-corrected chi connectivity index (χ1v) is 7.11. The van der Waals surface area contributed by atoms with E-state index in [1.54, 1.807) is 0 Å². The summed E-state index contributed by atoms with van der Waals surface area (Å²) in [5.74, 6) is 0.805. The molecular formula is C15H14BrN3O. The van der Waals surface area contributed by atoms with Crippen molar-refractivity contribution >= 4 is 32.7 Å². The summed E-state index contributed by atoms with van der Waals surface area (Å²) in [5, 5.41) is 9.31. The number of halogens is 1. The van der Waals surface area contributed by atoms with Gasteiger partial charge in [0.2, 0.25) is 0 Å². The third-order valence-electron chi connectivity index (χ3n) is 3.21. The standard InChI is InChI=1S/C15H14BrN3O/c16-12-6-5-10(17)9-11(12)15-18-13-3-1-2-4-14(13)19(15)7-8-20/h1-6,9,20H,7-8,17H2. The van der Waals surface area contributed by atoms with Gasteiger partial charge in [-0.05, 0) is 30.3 Å². The van der Waals surface area contributed by atoms with Crippen molar-refractivity contribution in [1.82, 2.24) is 9.55 Å². The van der Waals surface area contributed by atoms with Crippen LogP contribution in [-0.4, -0.2) is 21.3 Å². The number of aliphatic hydroxyl groups excluding tert-OH is 1. The molecule has 0 aliphatic rings. The molecule has 3 aromatic rings. The lowest BCUT2D eigenvalue weighted by atomic mass is 10.2. The fourth-order valence-corrected chi connectivity index (χ4v) is 2.75. The molecule has 5 heteroatoms. The molecule has 0 spiro atoms. The number of imidazole rings is 1. The number of aliphatic hydroxyl groups is 1. The molecule has 1 aromatic heterocycles. The van der Waals surface area contributed by atoms with Gasteiger partial charge in [-0.15, -0.1) is 0 Å². The van der Waals surface area contributed by atoms with Crippen molar-refractivity contribution in [2.24, 2.45) is 0 Å². The number of hydrogen-bond acceptors (Lipinski definition) is 3. The fourth-order valence-electron chi connectivity index (χ4n) is 2.32. The van der Waals surface area contributed by atoms with E-state index in [0.717, 1.165) is 26.9 Å². The van der Waals surface area contributed by atoms with Crippen LogP contribution in [0.25, 0.3) is 22.4 Å². The van der Waals surface area contributed by atoms with Gasteiger partial charge in [0.1, 0.15) is 5.82 Å². The van der Waals surface area contributed by atoms with E-state index < -0.39 is 0 Å². The van der Waals surface area contributed by atoms with Gasteiger partial charge in [-0.25, -0.2) is 4.98 Å². The summed E-state index contributed by atoms with van der Waals surface area (Å²) in [7, 11) is 0. The van der Waals surface area contributed by atoms with Crippen LogP contribution >= 0.6 is 15.9 Å². The van der Waals surface area contributed by atoms with Gasteiger partial charge in [-0.2, -0.15) is 0 Å². The first-order valence-electron chi connectivity index (χ1n) is 6.32. The average Bonchev–Trinajstić information content (AvgIpc) is 2.81. The van der Waals surface area contributed by atoms with Crippen LogP contribution in [0.2, 0.25) is 0 Å². The van der Waals surface area contributed by atoms with Gasteiger partial charge in [0.15, 0.2) is 0 Å². The van der Waals surface area contributed by atoms with Gasteiger partial charge >= 0.3 is 0 Å². The number of anilines is 1. The Hall–Kier alpha value is -1.85. The van der Waals surface area contributed by atoms with Crippen LogP contribution in [0.4, 0.5) is 5.69 Å². The molecule has 0 radical (unpaired) electrons. The molecule has 3 N–H and O–H groups in total. The predicted octanol–water partition coefficient (Wildman–Crippen LogP) is 3.04. The number of rotatable bonds is 3. The van der Waals surface area contributed by atoms with Gasteiger partial charge < -0.3 is 15.4 Å². The molecule has 0 aliphatic heterocycles. The first kappa shape index (κ1) is 13.1. The maximum Gasteiger partial charge on any atom is 0.142 e. The normalized spacial score (nSPS) is 11.1. The predicted molar refractivity (Wildman–Crippen MR) is 84.4 cm³/mol. The number of benzene rings is 2. The van der Waals surface area contributed by atoms with Crippen LogP contribution in [0.3, 0.4) is 0 Å². The van der Waals surface area contributed by atoms with Crippen LogP contribution < -0.4 is 5.73 Å². The number of nitrogens with two attached hydrogens (primary N) is 1. The van der Waals surface area contributed by atoms with E-state index in [4.69, 9.17) is 5.73 Å². The highest BCUT2D eigenvalue weighted by Crippen LogP contribution is 2.31. The highest BCUT2D eigenvalue weighted by molar-refractivity contribution is 9.10. The molecule has 20 heavy (non-hydrogen) atoms. The summed E-state index contributed by atoms with van der Waals surface area (Å²) < 4.78 is 2.94. The Morgan fingerprint density at radius 1 is 1.20 bits per heavy atom. The monoisotopic (exact) mass is 331 g/mol. The van der Waals surface area contributed by atoms with E-state index in [9.17, 15) is 5.11 Å². The molecule has 3 rings (SSSR count). The van der Waals surface area contributed by atoms with Crippen molar-refractivity contribution in [3.63, 3.8) is 0 Å². The number of fused-ring (bicyclic) bond motifs is 1. The topological polar surface area (TPSA) is 64.1 Å². The van der Waals surface area contributed by atoms with E-state index in [2.05, 4.69) is 20.9 Å². The number of hydrogen-bond donors (Lipinski definition) is 2. The van der Waals surface area contributed by atoms with E-state index in [-0.39, 0.29) is 6.61 Å². The highest BCUT2D eigenvalue weighted by Gasteiger charge is 2.14. The lowest BCUT2D eigenvalue weighted by Crippen LogP contribution is -2.04. The second-order valence-electron chi connectivity index (χ2n) is 4.54. The van der Waals surface area contributed by atoms with Gasteiger partial charge in [0.25, 0.3) is 0 Å². The van der Waals surface area contributed by atoms with Crippen molar-refractivity contribution in [1.29, 1.82) is 0 Å². The van der Waals surface area contributed by atoms with Crippen molar-refractivity contribution in [3.05, 3.63) is 46.9 Å². The van der Waals surface area contributed by atoms with Gasteiger partial charge in [0.05, 0.1) is 17.6 Å². The molecule has 0 atom stereocenters. The van der Waals surface area contributed by atoms with Gasteiger partial charge in [-0.1, -0.05) is 28.1 Å².